The fourth-order valence-electron chi connectivity index (χ4n) is 2.70. The summed E-state index contributed by atoms with van der Waals surface area (Å²) in [6.07, 6.45) is 0.819. The molecule has 2 aromatic rings. The van der Waals surface area contributed by atoms with Crippen LogP contribution in [0.4, 0.5) is 11.4 Å². The first-order chi connectivity index (χ1) is 10.9. The van der Waals surface area contributed by atoms with E-state index in [1.54, 1.807) is 6.07 Å². The highest BCUT2D eigenvalue weighted by atomic mass is 32.1. The lowest BCUT2D eigenvalue weighted by atomic mass is 9.94. The summed E-state index contributed by atoms with van der Waals surface area (Å²) in [5, 5.41) is 4.80. The molecule has 1 N–H and O–H groups in total. The van der Waals surface area contributed by atoms with Gasteiger partial charge in [0.25, 0.3) is 5.91 Å². The molecule has 0 atom stereocenters. The van der Waals surface area contributed by atoms with Crippen molar-refractivity contribution in [2.75, 3.05) is 16.8 Å². The monoisotopic (exact) mass is 328 g/mol. The van der Waals surface area contributed by atoms with Crippen LogP contribution in [0.25, 0.3) is 0 Å². The van der Waals surface area contributed by atoms with E-state index in [0.717, 1.165) is 23.4 Å². The van der Waals surface area contributed by atoms with E-state index in [0.29, 0.717) is 11.4 Å². The van der Waals surface area contributed by atoms with Gasteiger partial charge < -0.3 is 10.2 Å². The summed E-state index contributed by atoms with van der Waals surface area (Å²) in [7, 11) is 0. The van der Waals surface area contributed by atoms with Gasteiger partial charge in [0, 0.05) is 23.3 Å². The molecule has 0 aliphatic carbocycles. The topological polar surface area (TPSA) is 49.4 Å². The molecule has 2 heterocycles. The average molecular weight is 328 g/mol. The van der Waals surface area contributed by atoms with Gasteiger partial charge in [-0.25, -0.2) is 0 Å². The Kier molecular flexibility index (Phi) is 3.98. The second-order valence-electron chi connectivity index (χ2n) is 6.73. The Balaban J connectivity index is 1.79. The van der Waals surface area contributed by atoms with Crippen LogP contribution in [0.3, 0.4) is 0 Å². The molecular weight excluding hydrogens is 308 g/mol. The lowest BCUT2D eigenvalue weighted by Crippen LogP contribution is -2.38. The summed E-state index contributed by atoms with van der Waals surface area (Å²) in [5.74, 6) is 0.0344. The second kappa shape index (κ2) is 5.81. The Bertz CT molecular complexity index is 745. The Morgan fingerprint density at radius 3 is 2.65 bits per heavy atom. The maximum Gasteiger partial charge on any atom is 0.265 e. The number of carbonyl (C=O) groups is 2. The Morgan fingerprint density at radius 2 is 2.00 bits per heavy atom. The summed E-state index contributed by atoms with van der Waals surface area (Å²) >= 11 is 1.42. The van der Waals surface area contributed by atoms with Gasteiger partial charge >= 0.3 is 0 Å². The summed E-state index contributed by atoms with van der Waals surface area (Å²) in [5.41, 5.74) is 2.44. The van der Waals surface area contributed by atoms with Crippen molar-refractivity contribution in [1.29, 1.82) is 0 Å². The Morgan fingerprint density at radius 1 is 1.22 bits per heavy atom. The van der Waals surface area contributed by atoms with E-state index >= 15 is 0 Å². The van der Waals surface area contributed by atoms with E-state index in [2.05, 4.69) is 5.32 Å². The van der Waals surface area contributed by atoms with Gasteiger partial charge in [-0.1, -0.05) is 26.8 Å². The minimum atomic E-state index is -0.395. The zero-order valence-corrected chi connectivity index (χ0v) is 14.4. The average Bonchev–Trinajstić information content (AvgIpc) is 3.14. The van der Waals surface area contributed by atoms with Gasteiger partial charge in [-0.15, -0.1) is 11.3 Å². The van der Waals surface area contributed by atoms with Gasteiger partial charge in [-0.2, -0.15) is 0 Å². The number of carbonyl (C=O) groups excluding carboxylic acids is 2. The largest absolute Gasteiger partial charge is 0.321 e. The number of nitrogens with zero attached hydrogens (tertiary/aromatic N) is 1. The molecule has 23 heavy (non-hydrogen) atoms. The minimum Gasteiger partial charge on any atom is -0.321 e. The number of hydrogen-bond donors (Lipinski definition) is 1. The van der Waals surface area contributed by atoms with Gasteiger partial charge in [-0.05, 0) is 41.6 Å². The number of rotatable bonds is 2. The van der Waals surface area contributed by atoms with Crippen molar-refractivity contribution in [2.24, 2.45) is 5.41 Å². The number of fused-ring (bicyclic) bond motifs is 1. The third kappa shape index (κ3) is 3.15. The molecule has 120 valence electrons. The molecule has 0 bridgehead atoms. The van der Waals surface area contributed by atoms with Gasteiger partial charge in [0.2, 0.25) is 5.91 Å². The fraction of sp³-hybridized carbons (Fsp3) is 0.333. The van der Waals surface area contributed by atoms with Crippen LogP contribution >= 0.6 is 11.3 Å². The standard InChI is InChI=1S/C18H20N2O2S/c1-18(2,3)17(22)20-9-8-12-11-13(6-7-14(12)20)19-16(21)15-5-4-10-23-15/h4-7,10-11H,8-9H2,1-3H3,(H,19,21). The molecule has 0 saturated carbocycles. The van der Waals surface area contributed by atoms with Crippen LogP contribution in [0.2, 0.25) is 0 Å². The molecule has 0 fully saturated rings. The highest BCUT2D eigenvalue weighted by Crippen LogP contribution is 2.33. The summed E-state index contributed by atoms with van der Waals surface area (Å²) in [6, 6.07) is 9.42. The molecule has 2 amide bonds. The van der Waals surface area contributed by atoms with Crippen LogP contribution < -0.4 is 10.2 Å². The number of benzene rings is 1. The molecule has 5 heteroatoms. The first kappa shape index (κ1) is 15.7. The van der Waals surface area contributed by atoms with Crippen molar-refractivity contribution in [2.45, 2.75) is 27.2 Å². The molecule has 0 spiro atoms. The van der Waals surface area contributed by atoms with Crippen molar-refractivity contribution in [3.63, 3.8) is 0 Å². The van der Waals surface area contributed by atoms with Crippen LogP contribution in [0.5, 0.6) is 0 Å². The maximum atomic E-state index is 12.5. The first-order valence-corrected chi connectivity index (χ1v) is 8.54. The summed E-state index contributed by atoms with van der Waals surface area (Å²) in [6.45, 7) is 6.50. The molecule has 1 aromatic carbocycles. The molecule has 3 rings (SSSR count). The zero-order chi connectivity index (χ0) is 16.6. The van der Waals surface area contributed by atoms with Crippen molar-refractivity contribution >= 4 is 34.5 Å². The molecule has 0 unspecified atom stereocenters. The van der Waals surface area contributed by atoms with Crippen LogP contribution in [-0.4, -0.2) is 18.4 Å². The second-order valence-corrected chi connectivity index (χ2v) is 7.68. The minimum absolute atomic E-state index is 0.0967. The molecule has 1 aliphatic rings. The fourth-order valence-corrected chi connectivity index (χ4v) is 3.31. The number of thiophene rings is 1. The van der Waals surface area contributed by atoms with Crippen LogP contribution in [0, 0.1) is 5.41 Å². The smallest absolute Gasteiger partial charge is 0.265 e. The molecular formula is C18H20N2O2S. The zero-order valence-electron chi connectivity index (χ0n) is 13.6. The van der Waals surface area contributed by atoms with Gasteiger partial charge in [-0.3, -0.25) is 9.59 Å². The van der Waals surface area contributed by atoms with E-state index in [1.807, 2.05) is 55.3 Å². The van der Waals surface area contributed by atoms with E-state index < -0.39 is 5.41 Å². The van der Waals surface area contributed by atoms with Crippen molar-refractivity contribution < 1.29 is 9.59 Å². The van der Waals surface area contributed by atoms with Crippen molar-refractivity contribution in [1.82, 2.24) is 0 Å². The summed E-state index contributed by atoms with van der Waals surface area (Å²) < 4.78 is 0. The van der Waals surface area contributed by atoms with Crippen LogP contribution in [0.15, 0.2) is 35.7 Å². The highest BCUT2D eigenvalue weighted by Gasteiger charge is 2.32. The van der Waals surface area contributed by atoms with Crippen molar-refractivity contribution in [3.8, 4) is 0 Å². The Labute approximate surface area is 140 Å². The third-order valence-corrected chi connectivity index (χ3v) is 4.73. The number of anilines is 2. The molecule has 1 aromatic heterocycles. The van der Waals surface area contributed by atoms with Crippen LogP contribution in [-0.2, 0) is 11.2 Å². The van der Waals surface area contributed by atoms with Crippen molar-refractivity contribution in [3.05, 3.63) is 46.2 Å². The van der Waals surface area contributed by atoms with Crippen LogP contribution in [0.1, 0.15) is 36.0 Å². The normalized spacial score (nSPS) is 13.8. The number of hydrogen-bond acceptors (Lipinski definition) is 3. The maximum absolute atomic E-state index is 12.5. The van der Waals surface area contributed by atoms with E-state index in [9.17, 15) is 9.59 Å². The Hall–Kier alpha value is -2.14. The molecule has 0 saturated heterocycles. The van der Waals surface area contributed by atoms with E-state index in [4.69, 9.17) is 0 Å². The van der Waals surface area contributed by atoms with Gasteiger partial charge in [0.1, 0.15) is 0 Å². The lowest BCUT2D eigenvalue weighted by Gasteiger charge is -2.26. The van der Waals surface area contributed by atoms with E-state index in [1.165, 1.54) is 11.3 Å². The highest BCUT2D eigenvalue weighted by molar-refractivity contribution is 7.12. The third-order valence-electron chi connectivity index (χ3n) is 3.86. The SMILES string of the molecule is CC(C)(C)C(=O)N1CCc2cc(NC(=O)c3cccs3)ccc21. The predicted molar refractivity (Wildman–Crippen MR) is 94.2 cm³/mol. The number of nitrogens with one attached hydrogen (secondary N) is 1. The predicted octanol–water partition coefficient (Wildman–Crippen LogP) is 3.94. The lowest BCUT2D eigenvalue weighted by molar-refractivity contribution is -0.125. The number of amides is 2. The first-order valence-electron chi connectivity index (χ1n) is 7.66. The quantitative estimate of drug-likeness (QED) is 0.908. The summed E-state index contributed by atoms with van der Waals surface area (Å²) in [4.78, 5) is 27.2. The van der Waals surface area contributed by atoms with Gasteiger partial charge in [0.15, 0.2) is 0 Å². The van der Waals surface area contributed by atoms with E-state index in [-0.39, 0.29) is 11.8 Å². The molecule has 1 aliphatic heterocycles. The molecule has 0 radical (unpaired) electrons. The van der Waals surface area contributed by atoms with Gasteiger partial charge in [0.05, 0.1) is 4.88 Å². The molecule has 4 nitrogen and oxygen atoms in total.